The number of rotatable bonds is 7. The Morgan fingerprint density at radius 3 is 2.24 bits per heavy atom. The quantitative estimate of drug-likeness (QED) is 0.753. The van der Waals surface area contributed by atoms with Crippen molar-refractivity contribution in [3.63, 3.8) is 0 Å². The minimum atomic E-state index is -3.71. The van der Waals surface area contributed by atoms with E-state index in [-0.39, 0.29) is 40.5 Å². The Balaban J connectivity index is 0.00000400. The second kappa shape index (κ2) is 8.09. The van der Waals surface area contributed by atoms with Crippen molar-refractivity contribution in [3.8, 4) is 0 Å². The molecule has 1 rings (SSSR count). The SMILES string of the molecule is CCS(=O)(=O)c1cccc(S(=O)(=O)NCC(C)NC)c1.Cl. The highest BCUT2D eigenvalue weighted by atomic mass is 35.5. The highest BCUT2D eigenvalue weighted by Gasteiger charge is 2.18. The number of likely N-dealkylation sites (N-methyl/N-ethyl adjacent to an activating group) is 1. The van der Waals surface area contributed by atoms with Crippen LogP contribution in [0.4, 0.5) is 0 Å². The maximum Gasteiger partial charge on any atom is 0.240 e. The van der Waals surface area contributed by atoms with E-state index in [1.807, 2.05) is 6.92 Å². The first kappa shape index (κ1) is 20.3. The van der Waals surface area contributed by atoms with Gasteiger partial charge in [-0.25, -0.2) is 21.6 Å². The molecule has 1 aromatic carbocycles. The molecule has 1 atom stereocenters. The molecule has 0 radical (unpaired) electrons. The summed E-state index contributed by atoms with van der Waals surface area (Å²) in [5.41, 5.74) is 0. The zero-order valence-corrected chi connectivity index (χ0v) is 14.6. The Kier molecular flexibility index (Phi) is 7.83. The van der Waals surface area contributed by atoms with Gasteiger partial charge in [-0.2, -0.15) is 0 Å². The monoisotopic (exact) mass is 356 g/mol. The lowest BCUT2D eigenvalue weighted by Gasteiger charge is -2.12. The second-order valence-corrected chi connectivity index (χ2v) is 8.47. The van der Waals surface area contributed by atoms with Gasteiger partial charge in [0, 0.05) is 12.6 Å². The molecule has 2 N–H and O–H groups in total. The minimum absolute atomic E-state index is 0. The minimum Gasteiger partial charge on any atom is -0.316 e. The summed E-state index contributed by atoms with van der Waals surface area (Å²) in [7, 11) is -5.40. The lowest BCUT2D eigenvalue weighted by molar-refractivity contribution is 0.554. The molecule has 1 unspecified atom stereocenters. The van der Waals surface area contributed by atoms with Gasteiger partial charge in [0.15, 0.2) is 9.84 Å². The van der Waals surface area contributed by atoms with Gasteiger partial charge in [0.1, 0.15) is 0 Å². The summed E-state index contributed by atoms with van der Waals surface area (Å²) < 4.78 is 50.1. The third kappa shape index (κ3) is 5.55. The van der Waals surface area contributed by atoms with Gasteiger partial charge in [-0.15, -0.1) is 12.4 Å². The van der Waals surface area contributed by atoms with Gasteiger partial charge in [-0.05, 0) is 32.2 Å². The van der Waals surface area contributed by atoms with E-state index < -0.39 is 19.9 Å². The molecule has 9 heteroatoms. The van der Waals surface area contributed by atoms with Crippen LogP contribution in [0.1, 0.15) is 13.8 Å². The molecule has 0 aliphatic rings. The molecule has 6 nitrogen and oxygen atoms in total. The van der Waals surface area contributed by atoms with Crippen LogP contribution >= 0.6 is 12.4 Å². The molecular weight excluding hydrogens is 336 g/mol. The molecular formula is C12H21ClN2O4S2. The molecule has 122 valence electrons. The number of hydrogen-bond donors (Lipinski definition) is 2. The fourth-order valence-electron chi connectivity index (χ4n) is 1.42. The Bertz CT molecular complexity index is 660. The van der Waals surface area contributed by atoms with Gasteiger partial charge in [-0.3, -0.25) is 0 Å². The fourth-order valence-corrected chi connectivity index (χ4v) is 3.60. The Hall–Kier alpha value is -0.670. The maximum absolute atomic E-state index is 12.1. The standard InChI is InChI=1S/C12H20N2O4S2.ClH/c1-4-19(15,16)11-6-5-7-12(8-11)20(17,18)14-9-10(2)13-3;/h5-8,10,13-14H,4,9H2,1-3H3;1H. The van der Waals surface area contributed by atoms with Crippen molar-refractivity contribution in [2.75, 3.05) is 19.3 Å². The van der Waals surface area contributed by atoms with Crippen molar-refractivity contribution in [1.29, 1.82) is 0 Å². The first-order valence-corrected chi connectivity index (χ1v) is 9.36. The van der Waals surface area contributed by atoms with Crippen molar-refractivity contribution < 1.29 is 16.8 Å². The van der Waals surface area contributed by atoms with Crippen LogP contribution in [0.2, 0.25) is 0 Å². The summed E-state index contributed by atoms with van der Waals surface area (Å²) in [5, 5.41) is 2.91. The van der Waals surface area contributed by atoms with E-state index in [0.717, 1.165) is 0 Å². The largest absolute Gasteiger partial charge is 0.316 e. The van der Waals surface area contributed by atoms with Crippen LogP contribution in [-0.2, 0) is 19.9 Å². The number of nitrogens with one attached hydrogen (secondary N) is 2. The lowest BCUT2D eigenvalue weighted by Crippen LogP contribution is -2.37. The van der Waals surface area contributed by atoms with Gasteiger partial charge in [0.2, 0.25) is 10.0 Å². The van der Waals surface area contributed by atoms with Crippen LogP contribution in [0, 0.1) is 0 Å². The van der Waals surface area contributed by atoms with E-state index in [0.29, 0.717) is 0 Å². The first-order valence-electron chi connectivity index (χ1n) is 6.22. The zero-order chi connectivity index (χ0) is 15.4. The van der Waals surface area contributed by atoms with Crippen molar-refractivity contribution in [2.45, 2.75) is 29.7 Å². The summed E-state index contributed by atoms with van der Waals surface area (Å²) in [5.74, 6) is -0.0687. The Morgan fingerprint density at radius 1 is 1.14 bits per heavy atom. The predicted molar refractivity (Wildman–Crippen MR) is 85.1 cm³/mol. The van der Waals surface area contributed by atoms with Gasteiger partial charge < -0.3 is 5.32 Å². The number of sulfone groups is 1. The van der Waals surface area contributed by atoms with Crippen molar-refractivity contribution >= 4 is 32.3 Å². The number of benzene rings is 1. The van der Waals surface area contributed by atoms with E-state index in [4.69, 9.17) is 0 Å². The van der Waals surface area contributed by atoms with Crippen LogP contribution in [-0.4, -0.2) is 42.2 Å². The van der Waals surface area contributed by atoms with Gasteiger partial charge in [-0.1, -0.05) is 13.0 Å². The Morgan fingerprint density at radius 2 is 1.71 bits per heavy atom. The number of sulfonamides is 1. The number of hydrogen-bond acceptors (Lipinski definition) is 5. The molecule has 0 aliphatic heterocycles. The van der Waals surface area contributed by atoms with Crippen molar-refractivity contribution in [1.82, 2.24) is 10.0 Å². The first-order chi connectivity index (χ1) is 9.23. The molecule has 0 aliphatic carbocycles. The van der Waals surface area contributed by atoms with Gasteiger partial charge >= 0.3 is 0 Å². The molecule has 0 aromatic heterocycles. The second-order valence-electron chi connectivity index (χ2n) is 4.42. The molecule has 0 saturated carbocycles. The molecule has 21 heavy (non-hydrogen) atoms. The average Bonchev–Trinajstić information content (AvgIpc) is 2.45. The average molecular weight is 357 g/mol. The highest BCUT2D eigenvalue weighted by Crippen LogP contribution is 2.16. The van der Waals surface area contributed by atoms with E-state index in [1.165, 1.54) is 31.2 Å². The summed E-state index contributed by atoms with van der Waals surface area (Å²) >= 11 is 0. The van der Waals surface area contributed by atoms with Gasteiger partial charge in [0.25, 0.3) is 0 Å². The van der Waals surface area contributed by atoms with E-state index >= 15 is 0 Å². The van der Waals surface area contributed by atoms with Crippen LogP contribution < -0.4 is 10.0 Å². The normalized spacial score (nSPS) is 13.5. The smallest absolute Gasteiger partial charge is 0.240 e. The topological polar surface area (TPSA) is 92.3 Å². The van der Waals surface area contributed by atoms with Crippen LogP contribution in [0.25, 0.3) is 0 Å². The molecule has 0 saturated heterocycles. The molecule has 0 spiro atoms. The van der Waals surface area contributed by atoms with Crippen molar-refractivity contribution in [2.24, 2.45) is 0 Å². The molecule has 0 fully saturated rings. The van der Waals surface area contributed by atoms with Crippen LogP contribution in [0.15, 0.2) is 34.1 Å². The third-order valence-electron chi connectivity index (χ3n) is 2.93. The summed E-state index contributed by atoms with van der Waals surface area (Å²) in [6.45, 7) is 3.58. The molecule has 1 aromatic rings. The fraction of sp³-hybridized carbons (Fsp3) is 0.500. The third-order valence-corrected chi connectivity index (χ3v) is 6.08. The lowest BCUT2D eigenvalue weighted by atomic mass is 10.4. The van der Waals surface area contributed by atoms with Crippen molar-refractivity contribution in [3.05, 3.63) is 24.3 Å². The highest BCUT2D eigenvalue weighted by molar-refractivity contribution is 7.91. The predicted octanol–water partition coefficient (Wildman–Crippen LogP) is 0.788. The van der Waals surface area contributed by atoms with E-state index in [2.05, 4.69) is 10.0 Å². The Labute approximate surface area is 132 Å². The molecule has 0 bridgehead atoms. The zero-order valence-electron chi connectivity index (χ0n) is 12.2. The number of halogens is 1. The van der Waals surface area contributed by atoms with E-state index in [1.54, 1.807) is 7.05 Å². The summed E-state index contributed by atoms with van der Waals surface area (Å²) in [4.78, 5) is -0.0279. The van der Waals surface area contributed by atoms with Crippen LogP contribution in [0.3, 0.4) is 0 Å². The maximum atomic E-state index is 12.1. The van der Waals surface area contributed by atoms with Gasteiger partial charge in [0.05, 0.1) is 15.5 Å². The molecule has 0 amide bonds. The molecule has 0 heterocycles. The van der Waals surface area contributed by atoms with E-state index in [9.17, 15) is 16.8 Å². The summed E-state index contributed by atoms with van der Waals surface area (Å²) in [6.07, 6.45) is 0. The summed E-state index contributed by atoms with van der Waals surface area (Å²) in [6, 6.07) is 5.37. The van der Waals surface area contributed by atoms with Crippen LogP contribution in [0.5, 0.6) is 0 Å².